The molecular formula is C28H48N2O4. The fraction of sp³-hybridized carbons (Fsp3) is 0.643. The zero-order chi connectivity index (χ0) is 26.0. The molecule has 0 heterocycles. The van der Waals surface area contributed by atoms with Gasteiger partial charge in [-0.15, -0.1) is 0 Å². The van der Waals surface area contributed by atoms with Gasteiger partial charge in [-0.05, 0) is 53.9 Å². The van der Waals surface area contributed by atoms with Crippen molar-refractivity contribution in [1.29, 1.82) is 0 Å². The molecule has 194 valence electrons. The normalized spacial score (nSPS) is 13.4. The maximum atomic E-state index is 13.8. The topological polar surface area (TPSA) is 59.1 Å². The molecule has 0 aliphatic heterocycles. The number of carbonyl (C=O) groups is 2. The Morgan fingerprint density at radius 1 is 0.588 bits per heavy atom. The van der Waals surface area contributed by atoms with Crippen LogP contribution in [0.15, 0.2) is 48.6 Å². The molecule has 0 fully saturated rings. The molecule has 0 amide bonds. The molecule has 0 aliphatic carbocycles. The predicted molar refractivity (Wildman–Crippen MR) is 142 cm³/mol. The molecule has 6 nitrogen and oxygen atoms in total. The van der Waals surface area contributed by atoms with Crippen molar-refractivity contribution in [2.75, 3.05) is 52.5 Å². The summed E-state index contributed by atoms with van der Waals surface area (Å²) in [6, 6.07) is 0. The fourth-order valence-corrected chi connectivity index (χ4v) is 4.18. The first kappa shape index (κ1) is 31.8. The van der Waals surface area contributed by atoms with Gasteiger partial charge in [0, 0.05) is 13.1 Å². The number of esters is 2. The van der Waals surface area contributed by atoms with Crippen molar-refractivity contribution in [1.82, 2.24) is 9.80 Å². The van der Waals surface area contributed by atoms with Crippen LogP contribution in [0.25, 0.3) is 0 Å². The van der Waals surface area contributed by atoms with Gasteiger partial charge in [0.2, 0.25) is 0 Å². The number of allylic oxidation sites excluding steroid dienone is 4. The Kier molecular flexibility index (Phi) is 16.2. The largest absolute Gasteiger partial charge is 0.463 e. The minimum atomic E-state index is -1.38. The number of carbonyl (C=O) groups excluding carboxylic acids is 2. The summed E-state index contributed by atoms with van der Waals surface area (Å²) in [6.45, 7) is 20.9. The lowest BCUT2D eigenvalue weighted by atomic mass is 9.61. The second-order valence-electron chi connectivity index (χ2n) is 8.06. The van der Waals surface area contributed by atoms with Crippen molar-refractivity contribution in [3.05, 3.63) is 48.6 Å². The van der Waals surface area contributed by atoms with E-state index in [9.17, 15) is 9.59 Å². The molecule has 0 bridgehead atoms. The van der Waals surface area contributed by atoms with Gasteiger partial charge in [0.25, 0.3) is 0 Å². The standard InChI is InChI=1S/C28H48N2O4/c1-9-17-27(18-10-2,25(31)33-23-21-29(13-5)14-6)28(19-11-3,20-12-4)26(32)34-24-22-30(15-7)16-8/h9-12,17-20H,13-16,21-24H2,1-8H3/b17-9-,18-10-,19-11-,20-12-. The van der Waals surface area contributed by atoms with E-state index in [2.05, 4.69) is 37.5 Å². The summed E-state index contributed by atoms with van der Waals surface area (Å²) in [4.78, 5) is 31.9. The van der Waals surface area contributed by atoms with E-state index in [1.165, 1.54) is 0 Å². The Balaban J connectivity index is 6.38. The highest BCUT2D eigenvalue weighted by molar-refractivity contribution is 5.95. The third-order valence-electron chi connectivity index (χ3n) is 6.15. The minimum absolute atomic E-state index is 0.246. The van der Waals surface area contributed by atoms with Gasteiger partial charge in [-0.2, -0.15) is 0 Å². The smallest absolute Gasteiger partial charge is 0.321 e. The van der Waals surface area contributed by atoms with Gasteiger partial charge in [-0.3, -0.25) is 9.59 Å². The second kappa shape index (κ2) is 17.3. The van der Waals surface area contributed by atoms with Crippen molar-refractivity contribution in [2.45, 2.75) is 55.4 Å². The average molecular weight is 477 g/mol. The van der Waals surface area contributed by atoms with Crippen LogP contribution in [-0.4, -0.2) is 74.2 Å². The zero-order valence-electron chi connectivity index (χ0n) is 22.8. The molecule has 0 aromatic heterocycles. The van der Waals surface area contributed by atoms with Crippen LogP contribution in [0.3, 0.4) is 0 Å². The summed E-state index contributed by atoms with van der Waals surface area (Å²) in [7, 11) is 0. The first-order chi connectivity index (χ1) is 16.3. The van der Waals surface area contributed by atoms with Gasteiger partial charge >= 0.3 is 11.9 Å². The molecule has 0 unspecified atom stereocenters. The number of rotatable bonds is 17. The van der Waals surface area contributed by atoms with Crippen LogP contribution >= 0.6 is 0 Å². The summed E-state index contributed by atoms with van der Waals surface area (Å²) in [5.41, 5.74) is -2.77. The molecule has 0 spiro atoms. The molecule has 0 atom stereocenters. The van der Waals surface area contributed by atoms with Crippen molar-refractivity contribution in [3.8, 4) is 0 Å². The van der Waals surface area contributed by atoms with Gasteiger partial charge in [0.05, 0.1) is 0 Å². The van der Waals surface area contributed by atoms with E-state index in [1.54, 1.807) is 48.6 Å². The van der Waals surface area contributed by atoms with Crippen molar-refractivity contribution < 1.29 is 19.1 Å². The Labute approximate surface area is 208 Å². The first-order valence-electron chi connectivity index (χ1n) is 12.7. The van der Waals surface area contributed by atoms with E-state index in [-0.39, 0.29) is 13.2 Å². The fourth-order valence-electron chi connectivity index (χ4n) is 4.18. The molecule has 0 aliphatic rings. The van der Waals surface area contributed by atoms with Gasteiger partial charge in [-0.1, -0.05) is 76.3 Å². The van der Waals surface area contributed by atoms with E-state index in [0.717, 1.165) is 26.2 Å². The van der Waals surface area contributed by atoms with Crippen LogP contribution < -0.4 is 0 Å². The first-order valence-corrected chi connectivity index (χ1v) is 12.7. The van der Waals surface area contributed by atoms with E-state index < -0.39 is 22.8 Å². The van der Waals surface area contributed by atoms with Crippen molar-refractivity contribution in [3.63, 3.8) is 0 Å². The predicted octanol–water partition coefficient (Wildman–Crippen LogP) is 5.03. The summed E-state index contributed by atoms with van der Waals surface area (Å²) in [5, 5.41) is 0. The highest BCUT2D eigenvalue weighted by Crippen LogP contribution is 2.47. The number of likely N-dealkylation sites (N-methyl/N-ethyl adjacent to an activating group) is 2. The third-order valence-corrected chi connectivity index (χ3v) is 6.15. The van der Waals surface area contributed by atoms with Crippen LogP contribution in [0.2, 0.25) is 0 Å². The molecule has 0 rings (SSSR count). The van der Waals surface area contributed by atoms with Gasteiger partial charge in [0.15, 0.2) is 0 Å². The molecule has 0 radical (unpaired) electrons. The Morgan fingerprint density at radius 3 is 1.06 bits per heavy atom. The summed E-state index contributed by atoms with van der Waals surface area (Å²) >= 11 is 0. The molecule has 0 aromatic carbocycles. The van der Waals surface area contributed by atoms with Crippen LogP contribution in [-0.2, 0) is 19.1 Å². The molecule has 0 saturated heterocycles. The Hall–Kier alpha value is -2.18. The molecule has 0 N–H and O–H groups in total. The highest BCUT2D eigenvalue weighted by Gasteiger charge is 2.57. The summed E-state index contributed by atoms with van der Waals surface area (Å²) in [6.07, 6.45) is 14.1. The lowest BCUT2D eigenvalue weighted by molar-refractivity contribution is -0.166. The van der Waals surface area contributed by atoms with E-state index in [4.69, 9.17) is 9.47 Å². The molecule has 0 saturated carbocycles. The summed E-state index contributed by atoms with van der Waals surface area (Å²) < 4.78 is 11.6. The molecular weight excluding hydrogens is 428 g/mol. The van der Waals surface area contributed by atoms with E-state index >= 15 is 0 Å². The number of hydrogen-bond acceptors (Lipinski definition) is 6. The zero-order valence-corrected chi connectivity index (χ0v) is 22.8. The van der Waals surface area contributed by atoms with Crippen LogP contribution in [0.5, 0.6) is 0 Å². The minimum Gasteiger partial charge on any atom is -0.463 e. The van der Waals surface area contributed by atoms with Crippen LogP contribution in [0.4, 0.5) is 0 Å². The lowest BCUT2D eigenvalue weighted by Gasteiger charge is -2.40. The maximum absolute atomic E-state index is 13.8. The lowest BCUT2D eigenvalue weighted by Crippen LogP contribution is -2.50. The van der Waals surface area contributed by atoms with Gasteiger partial charge in [0.1, 0.15) is 24.0 Å². The van der Waals surface area contributed by atoms with Crippen molar-refractivity contribution >= 4 is 11.9 Å². The number of ether oxygens (including phenoxy) is 2. The number of hydrogen-bond donors (Lipinski definition) is 0. The Bertz CT molecular complexity index is 617. The van der Waals surface area contributed by atoms with Crippen LogP contribution in [0, 0.1) is 10.8 Å². The van der Waals surface area contributed by atoms with Crippen molar-refractivity contribution in [2.24, 2.45) is 10.8 Å². The quantitative estimate of drug-likeness (QED) is 0.217. The maximum Gasteiger partial charge on any atom is 0.321 e. The molecule has 6 heteroatoms. The van der Waals surface area contributed by atoms with E-state index in [0.29, 0.717) is 13.1 Å². The number of nitrogens with zero attached hydrogens (tertiary/aromatic N) is 2. The SMILES string of the molecule is C/C=C\C(/C=C\C)(C(=O)OCCN(CC)CC)C(/C=C\C)(/C=C\C)C(=O)OCCN(CC)CC. The monoisotopic (exact) mass is 476 g/mol. The Morgan fingerprint density at radius 2 is 0.853 bits per heavy atom. The molecule has 34 heavy (non-hydrogen) atoms. The average Bonchev–Trinajstić information content (AvgIpc) is 2.83. The highest BCUT2D eigenvalue weighted by atomic mass is 16.5. The molecule has 0 aromatic rings. The van der Waals surface area contributed by atoms with Gasteiger partial charge in [-0.25, -0.2) is 0 Å². The third kappa shape index (κ3) is 8.24. The summed E-state index contributed by atoms with van der Waals surface area (Å²) in [5.74, 6) is -0.958. The van der Waals surface area contributed by atoms with Gasteiger partial charge < -0.3 is 19.3 Å². The van der Waals surface area contributed by atoms with Crippen LogP contribution in [0.1, 0.15) is 55.4 Å². The van der Waals surface area contributed by atoms with E-state index in [1.807, 2.05) is 27.7 Å². The second-order valence-corrected chi connectivity index (χ2v) is 8.06.